The Morgan fingerprint density at radius 3 is 2.26 bits per heavy atom. The Labute approximate surface area is 233 Å². The first-order chi connectivity index (χ1) is 18.7. The summed E-state index contributed by atoms with van der Waals surface area (Å²) in [5.74, 6) is -1.28. The highest BCUT2D eigenvalue weighted by atomic mass is 35.5. The van der Waals surface area contributed by atoms with Gasteiger partial charge in [-0.3, -0.25) is 19.2 Å². The van der Waals surface area contributed by atoms with Crippen molar-refractivity contribution in [2.45, 2.75) is 19.4 Å². The molecule has 1 fully saturated rings. The summed E-state index contributed by atoms with van der Waals surface area (Å²) in [6.45, 7) is 2.18. The largest absolute Gasteiger partial charge is 0.342 e. The van der Waals surface area contributed by atoms with E-state index in [4.69, 9.17) is 11.6 Å². The minimum atomic E-state index is -0.847. The molecule has 1 aliphatic rings. The summed E-state index contributed by atoms with van der Waals surface area (Å²) in [5, 5.41) is 3.38. The van der Waals surface area contributed by atoms with Gasteiger partial charge in [0.05, 0.1) is 6.54 Å². The van der Waals surface area contributed by atoms with Crippen LogP contribution in [-0.4, -0.2) is 72.7 Å². The third-order valence-corrected chi connectivity index (χ3v) is 6.95. The highest BCUT2D eigenvalue weighted by Gasteiger charge is 2.31. The first-order valence-corrected chi connectivity index (χ1v) is 13.1. The van der Waals surface area contributed by atoms with E-state index in [1.54, 1.807) is 43.4 Å². The summed E-state index contributed by atoms with van der Waals surface area (Å²) in [4.78, 5) is 56.5. The lowest BCUT2D eigenvalue weighted by molar-refractivity contribution is -0.139. The number of aryl methyl sites for hydroxylation is 1. The molecule has 1 aliphatic heterocycles. The Bertz CT molecular complexity index is 1330. The van der Waals surface area contributed by atoms with E-state index in [1.807, 2.05) is 49.4 Å². The Balaban J connectivity index is 1.40. The number of hydrogen-bond acceptors (Lipinski definition) is 4. The van der Waals surface area contributed by atoms with Gasteiger partial charge in [-0.25, -0.2) is 0 Å². The Morgan fingerprint density at radius 2 is 1.62 bits per heavy atom. The molecule has 0 radical (unpaired) electrons. The van der Waals surface area contributed by atoms with Crippen LogP contribution < -0.4 is 10.2 Å². The van der Waals surface area contributed by atoms with Gasteiger partial charge in [-0.2, -0.15) is 0 Å². The smallest absolute Gasteiger partial charge is 0.254 e. The van der Waals surface area contributed by atoms with Crippen molar-refractivity contribution in [3.05, 3.63) is 101 Å². The number of likely N-dealkylation sites (N-methyl/N-ethyl adjacent to an activating group) is 1. The third-order valence-electron chi connectivity index (χ3n) is 6.70. The SMILES string of the molecule is Cc1ccc(C(=O)N2CCN(CC(=O)N[C@@H](Cc3ccccc3)C(=O)N(C)c3ccc(Cl)cc3)C(=O)C2)cc1. The van der Waals surface area contributed by atoms with Crippen LogP contribution in [-0.2, 0) is 20.8 Å². The van der Waals surface area contributed by atoms with Crippen LogP contribution in [0, 0.1) is 6.92 Å². The molecule has 4 amide bonds. The number of anilines is 1. The summed E-state index contributed by atoms with van der Waals surface area (Å²) < 4.78 is 0. The van der Waals surface area contributed by atoms with Crippen LogP contribution in [0.5, 0.6) is 0 Å². The Kier molecular flexibility index (Phi) is 8.99. The molecule has 1 atom stereocenters. The minimum absolute atomic E-state index is 0.105. The van der Waals surface area contributed by atoms with Gasteiger partial charge in [0.2, 0.25) is 17.7 Å². The fourth-order valence-electron chi connectivity index (χ4n) is 4.42. The topological polar surface area (TPSA) is 90.0 Å². The van der Waals surface area contributed by atoms with Gasteiger partial charge in [-0.15, -0.1) is 0 Å². The lowest BCUT2D eigenvalue weighted by Gasteiger charge is -2.34. The lowest BCUT2D eigenvalue weighted by Crippen LogP contribution is -2.56. The van der Waals surface area contributed by atoms with Gasteiger partial charge in [-0.1, -0.05) is 59.6 Å². The van der Waals surface area contributed by atoms with E-state index in [0.717, 1.165) is 11.1 Å². The number of rotatable bonds is 8. The van der Waals surface area contributed by atoms with Crippen molar-refractivity contribution < 1.29 is 19.2 Å². The molecule has 0 unspecified atom stereocenters. The molecular weight excluding hydrogens is 516 g/mol. The highest BCUT2D eigenvalue weighted by molar-refractivity contribution is 6.30. The van der Waals surface area contributed by atoms with E-state index in [1.165, 1.54) is 14.7 Å². The minimum Gasteiger partial charge on any atom is -0.342 e. The summed E-state index contributed by atoms with van der Waals surface area (Å²) >= 11 is 5.99. The summed E-state index contributed by atoms with van der Waals surface area (Å²) in [6, 6.07) is 22.6. The Morgan fingerprint density at radius 1 is 0.949 bits per heavy atom. The van der Waals surface area contributed by atoms with Crippen molar-refractivity contribution >= 4 is 40.9 Å². The number of carbonyl (C=O) groups is 4. The summed E-state index contributed by atoms with van der Waals surface area (Å²) in [6.07, 6.45) is 0.288. The molecule has 1 heterocycles. The first kappa shape index (κ1) is 27.9. The van der Waals surface area contributed by atoms with Gasteiger partial charge in [-0.05, 0) is 48.9 Å². The van der Waals surface area contributed by atoms with E-state index in [0.29, 0.717) is 22.8 Å². The molecule has 3 aromatic rings. The number of benzene rings is 3. The molecule has 0 aliphatic carbocycles. The van der Waals surface area contributed by atoms with Gasteiger partial charge in [0.25, 0.3) is 5.91 Å². The van der Waals surface area contributed by atoms with Crippen LogP contribution in [0.4, 0.5) is 5.69 Å². The van der Waals surface area contributed by atoms with E-state index in [-0.39, 0.29) is 43.8 Å². The molecule has 4 rings (SSSR count). The van der Waals surface area contributed by atoms with E-state index in [2.05, 4.69) is 5.32 Å². The number of nitrogens with zero attached hydrogens (tertiary/aromatic N) is 3. The summed E-state index contributed by atoms with van der Waals surface area (Å²) in [7, 11) is 1.64. The fourth-order valence-corrected chi connectivity index (χ4v) is 4.54. The summed E-state index contributed by atoms with van der Waals surface area (Å²) in [5.41, 5.74) is 3.09. The van der Waals surface area contributed by atoms with Crippen molar-refractivity contribution in [2.75, 3.05) is 38.1 Å². The number of piperazine rings is 1. The first-order valence-electron chi connectivity index (χ1n) is 12.7. The van der Waals surface area contributed by atoms with Crippen molar-refractivity contribution in [2.24, 2.45) is 0 Å². The molecule has 0 spiro atoms. The zero-order chi connectivity index (χ0) is 27.9. The molecular formula is C30H31ClN4O4. The molecule has 9 heteroatoms. The average Bonchev–Trinajstić information content (AvgIpc) is 2.94. The molecule has 1 saturated heterocycles. The van der Waals surface area contributed by atoms with E-state index in [9.17, 15) is 19.2 Å². The van der Waals surface area contributed by atoms with Gasteiger partial charge in [0.1, 0.15) is 12.6 Å². The normalized spacial score (nSPS) is 14.1. The molecule has 3 aromatic carbocycles. The predicted molar refractivity (Wildman–Crippen MR) is 151 cm³/mol. The molecule has 1 N–H and O–H groups in total. The molecule has 8 nitrogen and oxygen atoms in total. The van der Waals surface area contributed by atoms with Crippen molar-refractivity contribution in [1.82, 2.24) is 15.1 Å². The number of carbonyl (C=O) groups excluding carboxylic acids is 4. The lowest BCUT2D eigenvalue weighted by atomic mass is 10.0. The molecule has 39 heavy (non-hydrogen) atoms. The standard InChI is InChI=1S/C30H31ClN4O4/c1-21-8-10-23(11-9-21)29(38)35-17-16-34(28(37)20-35)19-27(36)32-26(18-22-6-4-3-5-7-22)30(39)33(2)25-14-12-24(31)13-15-25/h3-15,26H,16-20H2,1-2H3,(H,32,36)/t26-/m0/s1. The number of nitrogens with one attached hydrogen (secondary N) is 1. The van der Waals surface area contributed by atoms with Crippen molar-refractivity contribution in [3.63, 3.8) is 0 Å². The number of halogens is 1. The monoisotopic (exact) mass is 546 g/mol. The van der Waals surface area contributed by atoms with Gasteiger partial charge < -0.3 is 20.0 Å². The highest BCUT2D eigenvalue weighted by Crippen LogP contribution is 2.18. The second-order valence-electron chi connectivity index (χ2n) is 9.59. The number of amides is 4. The maximum Gasteiger partial charge on any atom is 0.254 e. The average molecular weight is 547 g/mol. The zero-order valence-electron chi connectivity index (χ0n) is 22.0. The predicted octanol–water partition coefficient (Wildman–Crippen LogP) is 3.32. The molecule has 0 saturated carbocycles. The maximum atomic E-state index is 13.5. The molecule has 0 aromatic heterocycles. The van der Waals surface area contributed by atoms with E-state index >= 15 is 0 Å². The van der Waals surface area contributed by atoms with Gasteiger partial charge >= 0.3 is 0 Å². The van der Waals surface area contributed by atoms with Gasteiger partial charge in [0, 0.05) is 42.8 Å². The number of hydrogen-bond donors (Lipinski definition) is 1. The van der Waals surface area contributed by atoms with Crippen LogP contribution in [0.1, 0.15) is 21.5 Å². The maximum absolute atomic E-state index is 13.5. The van der Waals surface area contributed by atoms with Gasteiger partial charge in [0.15, 0.2) is 0 Å². The van der Waals surface area contributed by atoms with Crippen LogP contribution in [0.25, 0.3) is 0 Å². The van der Waals surface area contributed by atoms with Crippen molar-refractivity contribution in [3.8, 4) is 0 Å². The van der Waals surface area contributed by atoms with E-state index < -0.39 is 11.9 Å². The fraction of sp³-hybridized carbons (Fsp3) is 0.267. The Hall–Kier alpha value is -4.17. The van der Waals surface area contributed by atoms with Crippen LogP contribution in [0.3, 0.4) is 0 Å². The second-order valence-corrected chi connectivity index (χ2v) is 10.0. The van der Waals surface area contributed by atoms with Crippen LogP contribution in [0.2, 0.25) is 5.02 Å². The van der Waals surface area contributed by atoms with Crippen LogP contribution >= 0.6 is 11.6 Å². The molecule has 0 bridgehead atoms. The zero-order valence-corrected chi connectivity index (χ0v) is 22.7. The quantitative estimate of drug-likeness (QED) is 0.469. The molecule has 202 valence electrons. The third kappa shape index (κ3) is 7.23. The van der Waals surface area contributed by atoms with Crippen molar-refractivity contribution in [1.29, 1.82) is 0 Å². The second kappa shape index (κ2) is 12.6. The van der Waals surface area contributed by atoms with Crippen LogP contribution in [0.15, 0.2) is 78.9 Å².